The summed E-state index contributed by atoms with van der Waals surface area (Å²) < 4.78 is 0. The molecule has 122 valence electrons. The summed E-state index contributed by atoms with van der Waals surface area (Å²) >= 11 is 0. The van der Waals surface area contributed by atoms with Crippen molar-refractivity contribution >= 4 is 23.0 Å². The van der Waals surface area contributed by atoms with Crippen LogP contribution >= 0.6 is 0 Å². The fourth-order valence-electron chi connectivity index (χ4n) is 2.37. The second kappa shape index (κ2) is 7.00. The van der Waals surface area contributed by atoms with Gasteiger partial charge in [-0.15, -0.1) is 0 Å². The van der Waals surface area contributed by atoms with E-state index in [-0.39, 0.29) is 0 Å². The van der Waals surface area contributed by atoms with Crippen molar-refractivity contribution in [1.29, 1.82) is 0 Å². The predicted octanol–water partition coefficient (Wildman–Crippen LogP) is 4.03. The zero-order valence-electron chi connectivity index (χ0n) is 13.9. The van der Waals surface area contributed by atoms with E-state index < -0.39 is 0 Å². The number of nitrogens with one attached hydrogen (secondary N) is 2. The maximum Gasteiger partial charge on any atom is 0.159 e. The van der Waals surface area contributed by atoms with Crippen LogP contribution in [0.4, 0.5) is 23.0 Å². The Hall–Kier alpha value is -3.08. The maximum atomic E-state index is 6.21. The lowest BCUT2D eigenvalue weighted by Gasteiger charge is -2.13. The third kappa shape index (κ3) is 3.63. The number of nitrogens with two attached hydrogens (primary N) is 1. The molecule has 3 aromatic rings. The van der Waals surface area contributed by atoms with Crippen molar-refractivity contribution in [3.63, 3.8) is 0 Å². The highest BCUT2D eigenvalue weighted by Gasteiger charge is 2.08. The van der Waals surface area contributed by atoms with Gasteiger partial charge in [-0.25, -0.2) is 9.97 Å². The van der Waals surface area contributed by atoms with Crippen molar-refractivity contribution in [2.45, 2.75) is 20.4 Å². The third-order valence-electron chi connectivity index (χ3n) is 3.96. The van der Waals surface area contributed by atoms with Crippen LogP contribution in [0, 0.1) is 13.8 Å². The zero-order chi connectivity index (χ0) is 16.9. The Labute approximate surface area is 142 Å². The van der Waals surface area contributed by atoms with Gasteiger partial charge in [0.1, 0.15) is 12.0 Å². The van der Waals surface area contributed by atoms with Crippen molar-refractivity contribution in [2.75, 3.05) is 16.4 Å². The van der Waals surface area contributed by atoms with Gasteiger partial charge < -0.3 is 16.4 Å². The second-order valence-electron chi connectivity index (χ2n) is 5.75. The Morgan fingerprint density at radius 2 is 1.67 bits per heavy atom. The Morgan fingerprint density at radius 3 is 2.42 bits per heavy atom. The van der Waals surface area contributed by atoms with Crippen LogP contribution in [0.5, 0.6) is 0 Å². The summed E-state index contributed by atoms with van der Waals surface area (Å²) in [5, 5.41) is 6.52. The van der Waals surface area contributed by atoms with Crippen LogP contribution in [0.1, 0.15) is 16.7 Å². The molecule has 1 heterocycles. The fourth-order valence-corrected chi connectivity index (χ4v) is 2.37. The van der Waals surface area contributed by atoms with E-state index in [9.17, 15) is 0 Å². The van der Waals surface area contributed by atoms with Gasteiger partial charge >= 0.3 is 0 Å². The van der Waals surface area contributed by atoms with Crippen LogP contribution in [0.15, 0.2) is 54.9 Å². The zero-order valence-corrected chi connectivity index (χ0v) is 13.9. The standard InChI is InChI=1S/C19H21N5/c1-13-8-9-16(10-14(13)2)24-19-17(20)18(22-12-23-19)21-11-15-6-4-3-5-7-15/h3-10,12H,11,20H2,1-2H3,(H2,21,22,23,24). The molecule has 5 heteroatoms. The Morgan fingerprint density at radius 1 is 0.917 bits per heavy atom. The van der Waals surface area contributed by atoms with Gasteiger partial charge in [-0.3, -0.25) is 0 Å². The molecule has 0 unspecified atom stereocenters. The average Bonchev–Trinajstić information content (AvgIpc) is 2.60. The topological polar surface area (TPSA) is 75.9 Å². The van der Waals surface area contributed by atoms with Crippen LogP contribution in [-0.2, 0) is 6.54 Å². The molecule has 0 aliphatic carbocycles. The van der Waals surface area contributed by atoms with Gasteiger partial charge in [0, 0.05) is 12.2 Å². The highest BCUT2D eigenvalue weighted by molar-refractivity contribution is 5.77. The Balaban J connectivity index is 1.76. The van der Waals surface area contributed by atoms with Gasteiger partial charge in [0.25, 0.3) is 0 Å². The molecule has 0 saturated carbocycles. The number of hydrogen-bond donors (Lipinski definition) is 3. The largest absolute Gasteiger partial charge is 0.393 e. The number of rotatable bonds is 5. The molecular formula is C19H21N5. The van der Waals surface area contributed by atoms with Crippen LogP contribution in [0.25, 0.3) is 0 Å². The van der Waals surface area contributed by atoms with E-state index in [1.54, 1.807) is 0 Å². The molecule has 0 bridgehead atoms. The molecule has 2 aromatic carbocycles. The summed E-state index contributed by atoms with van der Waals surface area (Å²) in [4.78, 5) is 8.49. The molecule has 0 atom stereocenters. The molecule has 0 saturated heterocycles. The molecule has 3 rings (SSSR count). The summed E-state index contributed by atoms with van der Waals surface area (Å²) in [6, 6.07) is 16.3. The molecule has 0 amide bonds. The lowest BCUT2D eigenvalue weighted by Crippen LogP contribution is -2.08. The highest BCUT2D eigenvalue weighted by atomic mass is 15.1. The molecular weight excluding hydrogens is 298 g/mol. The summed E-state index contributed by atoms with van der Waals surface area (Å²) in [7, 11) is 0. The average molecular weight is 319 g/mol. The third-order valence-corrected chi connectivity index (χ3v) is 3.96. The lowest BCUT2D eigenvalue weighted by molar-refractivity contribution is 1.09. The molecule has 0 fully saturated rings. The van der Waals surface area contributed by atoms with E-state index in [1.807, 2.05) is 24.3 Å². The van der Waals surface area contributed by atoms with Gasteiger partial charge in [0.15, 0.2) is 11.6 Å². The highest BCUT2D eigenvalue weighted by Crippen LogP contribution is 2.26. The SMILES string of the molecule is Cc1ccc(Nc2ncnc(NCc3ccccc3)c2N)cc1C. The Kier molecular flexibility index (Phi) is 4.61. The normalized spacial score (nSPS) is 10.4. The monoisotopic (exact) mass is 319 g/mol. The van der Waals surface area contributed by atoms with Gasteiger partial charge in [-0.1, -0.05) is 36.4 Å². The molecule has 0 spiro atoms. The predicted molar refractivity (Wildman–Crippen MR) is 99.4 cm³/mol. The van der Waals surface area contributed by atoms with Crippen LogP contribution in [-0.4, -0.2) is 9.97 Å². The fraction of sp³-hybridized carbons (Fsp3) is 0.158. The van der Waals surface area contributed by atoms with E-state index in [0.717, 1.165) is 5.69 Å². The van der Waals surface area contributed by atoms with Gasteiger partial charge in [-0.05, 0) is 42.7 Å². The van der Waals surface area contributed by atoms with E-state index in [0.29, 0.717) is 23.9 Å². The number of hydrogen-bond acceptors (Lipinski definition) is 5. The van der Waals surface area contributed by atoms with Crippen molar-refractivity contribution in [2.24, 2.45) is 0 Å². The van der Waals surface area contributed by atoms with Crippen molar-refractivity contribution < 1.29 is 0 Å². The summed E-state index contributed by atoms with van der Waals surface area (Å²) in [6.07, 6.45) is 1.51. The molecule has 24 heavy (non-hydrogen) atoms. The first-order valence-electron chi connectivity index (χ1n) is 7.86. The lowest BCUT2D eigenvalue weighted by atomic mass is 10.1. The molecule has 0 aliphatic heterocycles. The molecule has 4 N–H and O–H groups in total. The number of nitrogen functional groups attached to an aromatic ring is 1. The molecule has 0 radical (unpaired) electrons. The summed E-state index contributed by atoms with van der Waals surface area (Å²) in [6.45, 7) is 4.82. The first-order valence-corrected chi connectivity index (χ1v) is 7.86. The quantitative estimate of drug-likeness (QED) is 0.662. The van der Waals surface area contributed by atoms with Crippen molar-refractivity contribution in [1.82, 2.24) is 9.97 Å². The van der Waals surface area contributed by atoms with E-state index >= 15 is 0 Å². The smallest absolute Gasteiger partial charge is 0.159 e. The van der Waals surface area contributed by atoms with E-state index in [4.69, 9.17) is 5.73 Å². The first-order chi connectivity index (χ1) is 11.6. The van der Waals surface area contributed by atoms with Gasteiger partial charge in [0.2, 0.25) is 0 Å². The second-order valence-corrected chi connectivity index (χ2v) is 5.75. The minimum Gasteiger partial charge on any atom is -0.393 e. The van der Waals surface area contributed by atoms with Crippen LogP contribution < -0.4 is 16.4 Å². The van der Waals surface area contributed by atoms with Crippen molar-refractivity contribution in [3.8, 4) is 0 Å². The van der Waals surface area contributed by atoms with E-state index in [1.165, 1.54) is 23.0 Å². The number of benzene rings is 2. The molecule has 0 aliphatic rings. The molecule has 1 aromatic heterocycles. The van der Waals surface area contributed by atoms with Crippen LogP contribution in [0.3, 0.4) is 0 Å². The minimum atomic E-state index is 0.506. The summed E-state index contributed by atoms with van der Waals surface area (Å²) in [5.74, 6) is 1.23. The number of aryl methyl sites for hydroxylation is 2. The first kappa shape index (κ1) is 15.8. The van der Waals surface area contributed by atoms with Gasteiger partial charge in [0.05, 0.1) is 0 Å². The van der Waals surface area contributed by atoms with Crippen LogP contribution in [0.2, 0.25) is 0 Å². The number of nitrogens with zero attached hydrogens (tertiary/aromatic N) is 2. The van der Waals surface area contributed by atoms with Gasteiger partial charge in [-0.2, -0.15) is 0 Å². The van der Waals surface area contributed by atoms with E-state index in [2.05, 4.69) is 58.7 Å². The maximum absolute atomic E-state index is 6.21. The Bertz CT molecular complexity index is 830. The number of anilines is 4. The minimum absolute atomic E-state index is 0.506. The summed E-state index contributed by atoms with van der Waals surface area (Å²) in [5.41, 5.74) is 11.3. The molecule has 5 nitrogen and oxygen atoms in total. The number of aromatic nitrogens is 2. The van der Waals surface area contributed by atoms with Crippen molar-refractivity contribution in [3.05, 3.63) is 71.5 Å².